The maximum atomic E-state index is 5.97. The lowest BCUT2D eigenvalue weighted by atomic mass is 10.0. The van der Waals surface area contributed by atoms with Gasteiger partial charge in [-0.3, -0.25) is 0 Å². The number of nitrogens with one attached hydrogen (secondary N) is 1. The Morgan fingerprint density at radius 1 is 1.28 bits per heavy atom. The van der Waals surface area contributed by atoms with Gasteiger partial charge in [0.05, 0.1) is 19.3 Å². The number of rotatable bonds is 7. The lowest BCUT2D eigenvalue weighted by molar-refractivity contribution is -0.0385. The minimum absolute atomic E-state index is 0.119. The number of hydrogen-bond acceptors (Lipinski definition) is 4. The molecule has 0 radical (unpaired) electrons. The molecule has 0 amide bonds. The van der Waals surface area contributed by atoms with Crippen molar-refractivity contribution in [3.05, 3.63) is 0 Å². The van der Waals surface area contributed by atoms with E-state index in [-0.39, 0.29) is 11.6 Å². The van der Waals surface area contributed by atoms with Crippen LogP contribution in [0.1, 0.15) is 33.6 Å². The molecule has 0 spiro atoms. The first-order valence-electron chi connectivity index (χ1n) is 6.94. The van der Waals surface area contributed by atoms with Gasteiger partial charge in [-0.2, -0.15) is 0 Å². The first kappa shape index (κ1) is 15.9. The molecule has 0 aromatic carbocycles. The Morgan fingerprint density at radius 2 is 1.94 bits per heavy atom. The molecule has 1 aliphatic heterocycles. The average Bonchev–Trinajstić information content (AvgIpc) is 2.33. The molecule has 1 unspecified atom stereocenters. The Bertz CT molecular complexity index is 210. The minimum Gasteiger partial charge on any atom is -0.382 e. The van der Waals surface area contributed by atoms with Crippen LogP contribution in [0.2, 0.25) is 0 Å². The molecule has 18 heavy (non-hydrogen) atoms. The van der Waals surface area contributed by atoms with Gasteiger partial charge in [-0.15, -0.1) is 0 Å². The summed E-state index contributed by atoms with van der Waals surface area (Å²) in [5.74, 6) is 0.646. The molecular formula is C14H29NO3. The Hall–Kier alpha value is -0.160. The highest BCUT2D eigenvalue weighted by molar-refractivity contribution is 4.74. The molecule has 0 bridgehead atoms. The van der Waals surface area contributed by atoms with Crippen LogP contribution in [0.25, 0.3) is 0 Å². The van der Waals surface area contributed by atoms with E-state index in [1.54, 1.807) is 7.11 Å². The van der Waals surface area contributed by atoms with Gasteiger partial charge in [-0.25, -0.2) is 0 Å². The van der Waals surface area contributed by atoms with E-state index in [1.807, 2.05) is 0 Å². The topological polar surface area (TPSA) is 39.7 Å². The zero-order valence-corrected chi connectivity index (χ0v) is 12.3. The summed E-state index contributed by atoms with van der Waals surface area (Å²) in [6.07, 6.45) is 2.37. The third-order valence-corrected chi connectivity index (χ3v) is 3.12. The van der Waals surface area contributed by atoms with Crippen LogP contribution in [-0.4, -0.2) is 51.7 Å². The van der Waals surface area contributed by atoms with Gasteiger partial charge in [0.1, 0.15) is 0 Å². The van der Waals surface area contributed by atoms with Crippen molar-refractivity contribution in [2.75, 3.05) is 40.1 Å². The molecule has 1 rings (SSSR count). The van der Waals surface area contributed by atoms with E-state index < -0.39 is 0 Å². The monoisotopic (exact) mass is 259 g/mol. The fourth-order valence-corrected chi connectivity index (χ4v) is 1.96. The third-order valence-electron chi connectivity index (χ3n) is 3.12. The largest absolute Gasteiger partial charge is 0.382 e. The maximum absolute atomic E-state index is 5.97. The smallest absolute Gasteiger partial charge is 0.0932 e. The average molecular weight is 259 g/mol. The van der Waals surface area contributed by atoms with Crippen molar-refractivity contribution in [1.82, 2.24) is 5.32 Å². The maximum Gasteiger partial charge on any atom is 0.0932 e. The molecule has 4 heteroatoms. The van der Waals surface area contributed by atoms with Crippen LogP contribution in [0.5, 0.6) is 0 Å². The van der Waals surface area contributed by atoms with E-state index in [0.717, 1.165) is 39.2 Å². The summed E-state index contributed by atoms with van der Waals surface area (Å²) in [5.41, 5.74) is 0.119. The van der Waals surface area contributed by atoms with Crippen LogP contribution in [-0.2, 0) is 14.2 Å². The van der Waals surface area contributed by atoms with E-state index >= 15 is 0 Å². The van der Waals surface area contributed by atoms with Gasteiger partial charge < -0.3 is 19.5 Å². The standard InChI is InChI=1S/C14H29NO3/c1-14(2,3)15-9-13(11-16-4)18-10-12-5-7-17-8-6-12/h12-13,15H,5-11H2,1-4H3. The van der Waals surface area contributed by atoms with Gasteiger partial charge >= 0.3 is 0 Å². The number of hydrogen-bond donors (Lipinski definition) is 1. The van der Waals surface area contributed by atoms with Crippen molar-refractivity contribution in [2.45, 2.75) is 45.3 Å². The van der Waals surface area contributed by atoms with E-state index in [9.17, 15) is 0 Å². The van der Waals surface area contributed by atoms with Crippen LogP contribution in [0.3, 0.4) is 0 Å². The van der Waals surface area contributed by atoms with E-state index in [2.05, 4.69) is 26.1 Å². The highest BCUT2D eigenvalue weighted by atomic mass is 16.5. The van der Waals surface area contributed by atoms with Gasteiger partial charge in [-0.1, -0.05) is 0 Å². The van der Waals surface area contributed by atoms with Gasteiger partial charge in [-0.05, 0) is 39.5 Å². The Balaban J connectivity index is 2.23. The predicted octanol–water partition coefficient (Wildman–Crippen LogP) is 1.83. The lowest BCUT2D eigenvalue weighted by Crippen LogP contribution is -2.43. The fourth-order valence-electron chi connectivity index (χ4n) is 1.96. The quantitative estimate of drug-likeness (QED) is 0.757. The van der Waals surface area contributed by atoms with Crippen LogP contribution in [0, 0.1) is 5.92 Å². The van der Waals surface area contributed by atoms with Gasteiger partial charge in [0, 0.05) is 32.4 Å². The molecule has 1 aliphatic rings. The molecule has 0 aliphatic carbocycles. The molecule has 0 aromatic heterocycles. The molecule has 1 saturated heterocycles. The highest BCUT2D eigenvalue weighted by Crippen LogP contribution is 2.15. The number of ether oxygens (including phenoxy) is 3. The van der Waals surface area contributed by atoms with Crippen LogP contribution in [0.15, 0.2) is 0 Å². The second kappa shape index (κ2) is 8.10. The van der Waals surface area contributed by atoms with Crippen molar-refractivity contribution >= 4 is 0 Å². The van der Waals surface area contributed by atoms with E-state index in [1.165, 1.54) is 0 Å². The highest BCUT2D eigenvalue weighted by Gasteiger charge is 2.18. The predicted molar refractivity (Wildman–Crippen MR) is 72.9 cm³/mol. The van der Waals surface area contributed by atoms with Crippen molar-refractivity contribution in [3.63, 3.8) is 0 Å². The molecule has 0 aromatic rings. The van der Waals surface area contributed by atoms with Crippen molar-refractivity contribution < 1.29 is 14.2 Å². The first-order valence-corrected chi connectivity index (χ1v) is 6.94. The van der Waals surface area contributed by atoms with Crippen LogP contribution >= 0.6 is 0 Å². The van der Waals surface area contributed by atoms with E-state index in [0.29, 0.717) is 12.5 Å². The summed E-state index contributed by atoms with van der Waals surface area (Å²) in [6.45, 7) is 10.5. The molecule has 108 valence electrons. The number of methoxy groups -OCH3 is 1. The summed E-state index contributed by atoms with van der Waals surface area (Å²) >= 11 is 0. The van der Waals surface area contributed by atoms with Gasteiger partial charge in [0.25, 0.3) is 0 Å². The zero-order chi connectivity index (χ0) is 13.4. The van der Waals surface area contributed by atoms with Crippen molar-refractivity contribution in [1.29, 1.82) is 0 Å². The molecular weight excluding hydrogens is 230 g/mol. The molecule has 1 N–H and O–H groups in total. The van der Waals surface area contributed by atoms with Crippen molar-refractivity contribution in [3.8, 4) is 0 Å². The second-order valence-corrected chi connectivity index (χ2v) is 6.10. The van der Waals surface area contributed by atoms with Crippen molar-refractivity contribution in [2.24, 2.45) is 5.92 Å². The zero-order valence-electron chi connectivity index (χ0n) is 12.3. The van der Waals surface area contributed by atoms with Gasteiger partial charge in [0.2, 0.25) is 0 Å². The van der Waals surface area contributed by atoms with E-state index in [4.69, 9.17) is 14.2 Å². The lowest BCUT2D eigenvalue weighted by Gasteiger charge is -2.27. The SMILES string of the molecule is COCC(CNC(C)(C)C)OCC1CCOCC1. The summed E-state index contributed by atoms with van der Waals surface area (Å²) in [7, 11) is 1.72. The summed E-state index contributed by atoms with van der Waals surface area (Å²) in [5, 5.41) is 3.46. The Morgan fingerprint density at radius 3 is 2.50 bits per heavy atom. The third kappa shape index (κ3) is 7.31. The Kier molecular flexibility index (Phi) is 7.15. The fraction of sp³-hybridized carbons (Fsp3) is 1.00. The first-order chi connectivity index (χ1) is 8.51. The minimum atomic E-state index is 0.119. The summed E-state index contributed by atoms with van der Waals surface area (Å²) in [6, 6.07) is 0. The summed E-state index contributed by atoms with van der Waals surface area (Å²) < 4.78 is 16.5. The molecule has 1 atom stereocenters. The second-order valence-electron chi connectivity index (χ2n) is 6.10. The van der Waals surface area contributed by atoms with Crippen LogP contribution < -0.4 is 5.32 Å². The molecule has 1 heterocycles. The van der Waals surface area contributed by atoms with Crippen LogP contribution in [0.4, 0.5) is 0 Å². The molecule has 1 fully saturated rings. The van der Waals surface area contributed by atoms with Gasteiger partial charge in [0.15, 0.2) is 0 Å². The Labute approximate surface area is 111 Å². The molecule has 4 nitrogen and oxygen atoms in total. The normalized spacial score (nSPS) is 20.0. The summed E-state index contributed by atoms with van der Waals surface area (Å²) in [4.78, 5) is 0. The molecule has 0 saturated carbocycles.